The Morgan fingerprint density at radius 2 is 1.64 bits per heavy atom. The first-order valence-corrected chi connectivity index (χ1v) is 9.12. The van der Waals surface area contributed by atoms with E-state index in [1.807, 2.05) is 12.5 Å². The van der Waals surface area contributed by atoms with E-state index < -0.39 is 0 Å². The number of imidazole rings is 1. The van der Waals surface area contributed by atoms with Crippen molar-refractivity contribution in [3.05, 3.63) is 53.6 Å². The first-order valence-electron chi connectivity index (χ1n) is 9.12. The van der Waals surface area contributed by atoms with Crippen LogP contribution in [-0.2, 0) is 19.0 Å². The summed E-state index contributed by atoms with van der Waals surface area (Å²) < 4.78 is 2.13. The lowest BCUT2D eigenvalue weighted by molar-refractivity contribution is 0.117. The second-order valence-electron chi connectivity index (χ2n) is 7.69. The molecule has 4 rings (SSSR count). The average molecular weight is 361 g/mol. The monoisotopic (exact) mass is 360 g/mol. The number of halogens is 1. The quantitative estimate of drug-likeness (QED) is 0.819. The van der Waals surface area contributed by atoms with Crippen molar-refractivity contribution in [1.82, 2.24) is 19.4 Å². The Balaban J connectivity index is 0.00000182. The third-order valence-electron chi connectivity index (χ3n) is 5.81. The minimum atomic E-state index is 0. The van der Waals surface area contributed by atoms with Gasteiger partial charge in [0.2, 0.25) is 0 Å². The number of benzene rings is 1. The van der Waals surface area contributed by atoms with Gasteiger partial charge in [0.05, 0.1) is 12.0 Å². The molecule has 1 aromatic heterocycles. The van der Waals surface area contributed by atoms with Crippen LogP contribution in [0.3, 0.4) is 0 Å². The van der Waals surface area contributed by atoms with E-state index in [0.717, 1.165) is 19.6 Å². The zero-order chi connectivity index (χ0) is 16.6. The predicted octanol–water partition coefficient (Wildman–Crippen LogP) is 3.00. The molecular formula is C20H29ClN4. The van der Waals surface area contributed by atoms with Crippen molar-refractivity contribution in [3.63, 3.8) is 0 Å². The van der Waals surface area contributed by atoms with Crippen molar-refractivity contribution < 1.29 is 0 Å². The summed E-state index contributed by atoms with van der Waals surface area (Å²) in [5, 5.41) is 0. The van der Waals surface area contributed by atoms with E-state index in [1.54, 1.807) is 5.56 Å². The largest absolute Gasteiger partial charge is 0.337 e. The van der Waals surface area contributed by atoms with E-state index in [4.69, 9.17) is 0 Å². The fourth-order valence-corrected chi connectivity index (χ4v) is 3.90. The SMILES string of the molecule is Cc1ccc(C2(CN3CCN(Cc4cncn4C)CC3)CC2)cc1.Cl. The number of aryl methyl sites for hydroxylation is 2. The first kappa shape index (κ1) is 18.4. The number of rotatable bonds is 5. The molecular weight excluding hydrogens is 332 g/mol. The van der Waals surface area contributed by atoms with Crippen LogP contribution >= 0.6 is 12.4 Å². The third kappa shape index (κ3) is 4.08. The third-order valence-corrected chi connectivity index (χ3v) is 5.81. The fraction of sp³-hybridized carbons (Fsp3) is 0.550. The van der Waals surface area contributed by atoms with Crippen molar-refractivity contribution >= 4 is 12.4 Å². The Hall–Kier alpha value is -1.36. The molecule has 0 atom stereocenters. The van der Waals surface area contributed by atoms with E-state index in [0.29, 0.717) is 5.41 Å². The van der Waals surface area contributed by atoms with Crippen molar-refractivity contribution in [1.29, 1.82) is 0 Å². The van der Waals surface area contributed by atoms with Crippen molar-refractivity contribution in [2.45, 2.75) is 31.7 Å². The zero-order valence-electron chi connectivity index (χ0n) is 15.3. The van der Waals surface area contributed by atoms with E-state index in [9.17, 15) is 0 Å². The maximum Gasteiger partial charge on any atom is 0.0945 e. The standard InChI is InChI=1S/C20H28N4.ClH/c1-17-3-5-18(6-4-17)20(7-8-20)15-24-11-9-23(10-12-24)14-19-13-21-16-22(19)2;/h3-6,13,16H,7-12,14-15H2,1-2H3;1H. The van der Waals surface area contributed by atoms with E-state index in [1.165, 1.54) is 43.7 Å². The van der Waals surface area contributed by atoms with E-state index in [-0.39, 0.29) is 12.4 Å². The van der Waals surface area contributed by atoms with Gasteiger partial charge in [0.25, 0.3) is 0 Å². The summed E-state index contributed by atoms with van der Waals surface area (Å²) in [6, 6.07) is 9.23. The van der Waals surface area contributed by atoms with Gasteiger partial charge >= 0.3 is 0 Å². The molecule has 1 aliphatic heterocycles. The predicted molar refractivity (Wildman–Crippen MR) is 104 cm³/mol. The van der Waals surface area contributed by atoms with Gasteiger partial charge in [0.15, 0.2) is 0 Å². The molecule has 0 unspecified atom stereocenters. The molecule has 5 heteroatoms. The van der Waals surface area contributed by atoms with Crippen molar-refractivity contribution in [2.75, 3.05) is 32.7 Å². The maximum atomic E-state index is 4.22. The fourth-order valence-electron chi connectivity index (χ4n) is 3.90. The Kier molecular flexibility index (Phi) is 5.52. The van der Waals surface area contributed by atoms with Crippen LogP contribution < -0.4 is 0 Å². The van der Waals surface area contributed by atoms with Gasteiger partial charge in [0, 0.05) is 57.9 Å². The molecule has 25 heavy (non-hydrogen) atoms. The Labute approximate surface area is 157 Å². The van der Waals surface area contributed by atoms with Gasteiger partial charge in [0.1, 0.15) is 0 Å². The molecule has 2 heterocycles. The van der Waals surface area contributed by atoms with Crippen LogP contribution in [0.15, 0.2) is 36.8 Å². The van der Waals surface area contributed by atoms with Gasteiger partial charge in [-0.1, -0.05) is 29.8 Å². The summed E-state index contributed by atoms with van der Waals surface area (Å²) in [4.78, 5) is 9.45. The van der Waals surface area contributed by atoms with Crippen LogP contribution in [-0.4, -0.2) is 52.1 Å². The number of hydrogen-bond donors (Lipinski definition) is 0. The molecule has 1 saturated carbocycles. The molecule has 1 aromatic carbocycles. The maximum absolute atomic E-state index is 4.22. The first-order chi connectivity index (χ1) is 11.6. The molecule has 136 valence electrons. The van der Waals surface area contributed by atoms with Crippen LogP contribution in [0.2, 0.25) is 0 Å². The Morgan fingerprint density at radius 1 is 1.00 bits per heavy atom. The van der Waals surface area contributed by atoms with Gasteiger partial charge in [-0.3, -0.25) is 9.80 Å². The number of hydrogen-bond acceptors (Lipinski definition) is 3. The second-order valence-corrected chi connectivity index (χ2v) is 7.69. The highest BCUT2D eigenvalue weighted by molar-refractivity contribution is 5.85. The lowest BCUT2D eigenvalue weighted by Gasteiger charge is -2.36. The van der Waals surface area contributed by atoms with Crippen molar-refractivity contribution in [3.8, 4) is 0 Å². The average Bonchev–Trinajstić information content (AvgIpc) is 3.26. The molecule has 0 radical (unpaired) electrons. The van der Waals surface area contributed by atoms with E-state index in [2.05, 4.69) is 57.6 Å². The molecule has 2 aromatic rings. The highest BCUT2D eigenvalue weighted by atomic mass is 35.5. The molecule has 1 saturated heterocycles. The Morgan fingerprint density at radius 3 is 2.20 bits per heavy atom. The molecule has 2 fully saturated rings. The van der Waals surface area contributed by atoms with Crippen LogP contribution in [0, 0.1) is 6.92 Å². The number of nitrogens with zero attached hydrogens (tertiary/aromatic N) is 4. The van der Waals surface area contributed by atoms with Gasteiger partial charge in [-0.15, -0.1) is 12.4 Å². The van der Waals surface area contributed by atoms with Gasteiger partial charge in [-0.25, -0.2) is 4.98 Å². The molecule has 1 aliphatic carbocycles. The van der Waals surface area contributed by atoms with Gasteiger partial charge in [-0.05, 0) is 25.3 Å². The summed E-state index contributed by atoms with van der Waals surface area (Å²) in [5.41, 5.74) is 4.66. The van der Waals surface area contributed by atoms with Gasteiger partial charge < -0.3 is 4.57 Å². The number of piperazine rings is 1. The minimum absolute atomic E-state index is 0. The van der Waals surface area contributed by atoms with Crippen LogP contribution in [0.25, 0.3) is 0 Å². The smallest absolute Gasteiger partial charge is 0.0945 e. The van der Waals surface area contributed by atoms with E-state index >= 15 is 0 Å². The lowest BCUT2D eigenvalue weighted by atomic mass is 9.94. The van der Waals surface area contributed by atoms with Crippen LogP contribution in [0.1, 0.15) is 29.7 Å². The second kappa shape index (κ2) is 7.48. The molecule has 0 N–H and O–H groups in total. The normalized spacial score (nSPS) is 20.2. The van der Waals surface area contributed by atoms with Crippen LogP contribution in [0.5, 0.6) is 0 Å². The lowest BCUT2D eigenvalue weighted by Crippen LogP contribution is -2.48. The summed E-state index contributed by atoms with van der Waals surface area (Å²) in [6.07, 6.45) is 6.59. The summed E-state index contributed by atoms with van der Waals surface area (Å²) in [5.74, 6) is 0. The summed E-state index contributed by atoms with van der Waals surface area (Å²) >= 11 is 0. The highest BCUT2D eigenvalue weighted by Gasteiger charge is 2.45. The summed E-state index contributed by atoms with van der Waals surface area (Å²) in [6.45, 7) is 9.12. The number of aromatic nitrogens is 2. The van der Waals surface area contributed by atoms with Crippen LogP contribution in [0.4, 0.5) is 0 Å². The topological polar surface area (TPSA) is 24.3 Å². The molecule has 0 bridgehead atoms. The van der Waals surface area contributed by atoms with Gasteiger partial charge in [-0.2, -0.15) is 0 Å². The molecule has 0 amide bonds. The molecule has 0 spiro atoms. The Bertz CT molecular complexity index is 682. The zero-order valence-corrected chi connectivity index (χ0v) is 16.1. The molecule has 4 nitrogen and oxygen atoms in total. The van der Waals surface area contributed by atoms with Crippen molar-refractivity contribution in [2.24, 2.45) is 7.05 Å². The minimum Gasteiger partial charge on any atom is -0.337 e. The molecule has 2 aliphatic rings. The summed E-state index contributed by atoms with van der Waals surface area (Å²) in [7, 11) is 2.08. The highest BCUT2D eigenvalue weighted by Crippen LogP contribution is 2.48.